The van der Waals surface area contributed by atoms with Crippen LogP contribution < -0.4 is 0 Å². The van der Waals surface area contributed by atoms with Crippen molar-refractivity contribution in [2.24, 2.45) is 0 Å². The number of nitro groups is 1. The molecule has 0 unspecified atom stereocenters. The highest BCUT2D eigenvalue weighted by molar-refractivity contribution is 9.10. The number of benzene rings is 1. The standard InChI is InChI=1S/C13H19BrFNO3Si/c1-13(2,3)20(4,5)19-8-9-6-7-10(14)12(11(9)15)16(17)18/h6-7H,8H2,1-5H3. The Morgan fingerprint density at radius 3 is 2.40 bits per heavy atom. The van der Waals surface area contributed by atoms with E-state index >= 15 is 0 Å². The number of rotatable bonds is 4. The molecule has 0 radical (unpaired) electrons. The molecule has 4 nitrogen and oxygen atoms in total. The lowest BCUT2D eigenvalue weighted by molar-refractivity contribution is -0.388. The Bertz CT molecular complexity index is 529. The lowest BCUT2D eigenvalue weighted by atomic mass is 10.2. The van der Waals surface area contributed by atoms with Gasteiger partial charge in [0.25, 0.3) is 0 Å². The molecule has 0 heterocycles. The van der Waals surface area contributed by atoms with Crippen molar-refractivity contribution in [1.29, 1.82) is 0 Å². The summed E-state index contributed by atoms with van der Waals surface area (Å²) < 4.78 is 20.2. The predicted molar refractivity (Wildman–Crippen MR) is 82.7 cm³/mol. The van der Waals surface area contributed by atoms with Gasteiger partial charge in [0, 0.05) is 5.56 Å². The van der Waals surface area contributed by atoms with Crippen LogP contribution in [0, 0.1) is 15.9 Å². The second-order valence-corrected chi connectivity index (χ2v) is 11.8. The summed E-state index contributed by atoms with van der Waals surface area (Å²) in [5.74, 6) is -0.830. The third kappa shape index (κ3) is 3.65. The fourth-order valence-corrected chi connectivity index (χ4v) is 2.74. The van der Waals surface area contributed by atoms with Crippen LogP contribution in [-0.2, 0) is 11.0 Å². The topological polar surface area (TPSA) is 52.4 Å². The zero-order chi connectivity index (χ0) is 15.7. The molecule has 0 saturated carbocycles. The third-order valence-electron chi connectivity index (χ3n) is 3.72. The van der Waals surface area contributed by atoms with E-state index in [0.29, 0.717) is 0 Å². The fraction of sp³-hybridized carbons (Fsp3) is 0.538. The van der Waals surface area contributed by atoms with Gasteiger partial charge in [0.1, 0.15) is 0 Å². The smallest absolute Gasteiger partial charge is 0.319 e. The van der Waals surface area contributed by atoms with Gasteiger partial charge in [-0.2, -0.15) is 4.39 Å². The number of hydrogen-bond donors (Lipinski definition) is 0. The molecule has 0 bridgehead atoms. The Morgan fingerprint density at radius 1 is 1.40 bits per heavy atom. The highest BCUT2D eigenvalue weighted by Crippen LogP contribution is 2.38. The molecular weight excluding hydrogens is 345 g/mol. The van der Waals surface area contributed by atoms with Crippen LogP contribution >= 0.6 is 15.9 Å². The summed E-state index contributed by atoms with van der Waals surface area (Å²) in [5.41, 5.74) is -0.328. The quantitative estimate of drug-likeness (QED) is 0.428. The van der Waals surface area contributed by atoms with Crippen molar-refractivity contribution < 1.29 is 13.7 Å². The Balaban J connectivity index is 3.01. The van der Waals surface area contributed by atoms with E-state index in [2.05, 4.69) is 49.8 Å². The minimum atomic E-state index is -2.02. The molecule has 0 aromatic heterocycles. The molecule has 1 aromatic rings. The van der Waals surface area contributed by atoms with Crippen molar-refractivity contribution in [2.75, 3.05) is 0 Å². The maximum atomic E-state index is 14.1. The van der Waals surface area contributed by atoms with Crippen LogP contribution in [-0.4, -0.2) is 13.2 Å². The zero-order valence-electron chi connectivity index (χ0n) is 12.3. The average Bonchev–Trinajstić information content (AvgIpc) is 2.25. The first-order valence-electron chi connectivity index (χ1n) is 6.22. The van der Waals surface area contributed by atoms with Crippen LogP contribution in [0.5, 0.6) is 0 Å². The highest BCUT2D eigenvalue weighted by atomic mass is 79.9. The lowest BCUT2D eigenvalue weighted by Crippen LogP contribution is -2.40. The van der Waals surface area contributed by atoms with E-state index in [1.807, 2.05) is 0 Å². The van der Waals surface area contributed by atoms with E-state index in [9.17, 15) is 14.5 Å². The molecule has 1 rings (SSSR count). The Kier molecular flexibility index (Phi) is 5.10. The van der Waals surface area contributed by atoms with Gasteiger partial charge < -0.3 is 4.43 Å². The summed E-state index contributed by atoms with van der Waals surface area (Å²) in [6.45, 7) is 10.4. The summed E-state index contributed by atoms with van der Waals surface area (Å²) in [4.78, 5) is 10.1. The molecule has 0 atom stereocenters. The molecule has 1 aromatic carbocycles. The first-order chi connectivity index (χ1) is 8.97. The second kappa shape index (κ2) is 5.91. The molecule has 0 saturated heterocycles. The summed E-state index contributed by atoms with van der Waals surface area (Å²) in [6, 6.07) is 2.99. The largest absolute Gasteiger partial charge is 0.412 e. The van der Waals surface area contributed by atoms with Crippen molar-refractivity contribution in [3.63, 3.8) is 0 Å². The van der Waals surface area contributed by atoms with E-state index in [1.54, 1.807) is 0 Å². The SMILES string of the molecule is CC(C)(C)[Si](C)(C)OCc1ccc(Br)c([N+](=O)[O-])c1F. The van der Waals surface area contributed by atoms with Gasteiger partial charge in [0.05, 0.1) is 16.0 Å². The molecule has 20 heavy (non-hydrogen) atoms. The Morgan fingerprint density at radius 2 is 1.95 bits per heavy atom. The monoisotopic (exact) mass is 363 g/mol. The molecule has 0 spiro atoms. The lowest BCUT2D eigenvalue weighted by Gasteiger charge is -2.36. The summed E-state index contributed by atoms with van der Waals surface area (Å²) in [5, 5.41) is 10.9. The van der Waals surface area contributed by atoms with E-state index in [-0.39, 0.29) is 21.7 Å². The normalized spacial score (nSPS) is 12.6. The first kappa shape index (κ1) is 17.3. The predicted octanol–water partition coefficient (Wildman–Crippen LogP) is 5.02. The molecular formula is C13H19BrFNO3Si. The first-order valence-corrected chi connectivity index (χ1v) is 9.93. The van der Waals surface area contributed by atoms with Crippen LogP contribution in [0.15, 0.2) is 16.6 Å². The maximum Gasteiger partial charge on any atom is 0.319 e. The maximum absolute atomic E-state index is 14.1. The molecule has 7 heteroatoms. The molecule has 0 amide bonds. The van der Waals surface area contributed by atoms with Crippen LogP contribution in [0.3, 0.4) is 0 Å². The molecule has 0 aliphatic rings. The minimum absolute atomic E-state index is 0.00474. The number of nitrogens with zero attached hydrogens (tertiary/aromatic N) is 1. The van der Waals surface area contributed by atoms with Gasteiger partial charge in [-0.05, 0) is 40.1 Å². The number of nitro benzene ring substituents is 1. The van der Waals surface area contributed by atoms with Crippen molar-refractivity contribution in [3.8, 4) is 0 Å². The summed E-state index contributed by atoms with van der Waals surface area (Å²) >= 11 is 2.99. The van der Waals surface area contributed by atoms with Crippen molar-refractivity contribution in [3.05, 3.63) is 38.1 Å². The Labute approximate surface area is 127 Å². The molecule has 0 aliphatic carbocycles. The zero-order valence-corrected chi connectivity index (χ0v) is 14.9. The van der Waals surface area contributed by atoms with E-state index < -0.39 is 24.7 Å². The van der Waals surface area contributed by atoms with Crippen LogP contribution in [0.25, 0.3) is 0 Å². The van der Waals surface area contributed by atoms with E-state index in [0.717, 1.165) is 0 Å². The van der Waals surface area contributed by atoms with Crippen LogP contribution in [0.1, 0.15) is 26.3 Å². The Hall–Kier alpha value is -0.793. The van der Waals surface area contributed by atoms with Crippen molar-refractivity contribution in [1.82, 2.24) is 0 Å². The fourth-order valence-electron chi connectivity index (χ4n) is 1.34. The molecule has 0 fully saturated rings. The summed E-state index contributed by atoms with van der Waals surface area (Å²) in [7, 11) is -2.02. The number of hydrogen-bond acceptors (Lipinski definition) is 3. The van der Waals surface area contributed by atoms with Crippen molar-refractivity contribution in [2.45, 2.75) is 45.5 Å². The molecule has 0 aliphatic heterocycles. The van der Waals surface area contributed by atoms with Gasteiger partial charge >= 0.3 is 5.69 Å². The average molecular weight is 364 g/mol. The number of halogens is 2. The van der Waals surface area contributed by atoms with Crippen molar-refractivity contribution >= 4 is 29.9 Å². The molecule has 0 N–H and O–H groups in total. The van der Waals surface area contributed by atoms with Gasteiger partial charge in [-0.1, -0.05) is 26.8 Å². The van der Waals surface area contributed by atoms with Gasteiger partial charge in [0.15, 0.2) is 8.32 Å². The third-order valence-corrected chi connectivity index (χ3v) is 8.84. The molecule has 112 valence electrons. The van der Waals surface area contributed by atoms with Gasteiger partial charge in [-0.25, -0.2) is 0 Å². The van der Waals surface area contributed by atoms with Gasteiger partial charge in [-0.3, -0.25) is 10.1 Å². The van der Waals surface area contributed by atoms with Gasteiger partial charge in [-0.15, -0.1) is 0 Å². The van der Waals surface area contributed by atoms with E-state index in [4.69, 9.17) is 4.43 Å². The van der Waals surface area contributed by atoms with Crippen LogP contribution in [0.4, 0.5) is 10.1 Å². The van der Waals surface area contributed by atoms with Crippen LogP contribution in [0.2, 0.25) is 18.1 Å². The van der Waals surface area contributed by atoms with Gasteiger partial charge in [0.2, 0.25) is 5.82 Å². The minimum Gasteiger partial charge on any atom is -0.412 e. The summed E-state index contributed by atoms with van der Waals surface area (Å²) in [6.07, 6.45) is 0. The highest BCUT2D eigenvalue weighted by Gasteiger charge is 2.37. The second-order valence-electron chi connectivity index (χ2n) is 6.18. The van der Waals surface area contributed by atoms with E-state index in [1.165, 1.54) is 12.1 Å².